The molecule has 0 spiro atoms. The minimum Gasteiger partial charge on any atom is -0.495 e. The molecule has 2 aromatic carbocycles. The van der Waals surface area contributed by atoms with Gasteiger partial charge in [-0.05, 0) is 37.2 Å². The lowest BCUT2D eigenvalue weighted by Gasteiger charge is -2.27. The minimum absolute atomic E-state index is 0.107. The molecule has 166 valence electrons. The van der Waals surface area contributed by atoms with Crippen LogP contribution in [0.1, 0.15) is 13.3 Å². The molecule has 1 heterocycles. The molecule has 2 amide bonds. The Morgan fingerprint density at radius 1 is 1.06 bits per heavy atom. The largest absolute Gasteiger partial charge is 0.495 e. The SMILES string of the molecule is CCCN(CC(=O)NCC1COc2ccccc2O1)CC(=O)Nc1ccccc1OC. The van der Waals surface area contributed by atoms with Crippen LogP contribution in [0.15, 0.2) is 48.5 Å². The first-order chi connectivity index (χ1) is 15.1. The molecule has 0 bridgehead atoms. The Hall–Kier alpha value is -3.26. The number of rotatable bonds is 10. The number of carbonyl (C=O) groups excluding carboxylic acids is 2. The lowest BCUT2D eigenvalue weighted by atomic mass is 10.2. The van der Waals surface area contributed by atoms with Gasteiger partial charge in [-0.25, -0.2) is 0 Å². The molecule has 1 aliphatic rings. The monoisotopic (exact) mass is 427 g/mol. The summed E-state index contributed by atoms with van der Waals surface area (Å²) in [6, 6.07) is 14.7. The van der Waals surface area contributed by atoms with E-state index in [1.165, 1.54) is 0 Å². The summed E-state index contributed by atoms with van der Waals surface area (Å²) in [5.74, 6) is 1.60. The summed E-state index contributed by atoms with van der Waals surface area (Å²) >= 11 is 0. The van der Waals surface area contributed by atoms with E-state index in [0.717, 1.165) is 6.42 Å². The van der Waals surface area contributed by atoms with Gasteiger partial charge in [0.05, 0.1) is 32.4 Å². The Morgan fingerprint density at radius 2 is 1.77 bits per heavy atom. The van der Waals surface area contributed by atoms with E-state index >= 15 is 0 Å². The van der Waals surface area contributed by atoms with E-state index in [-0.39, 0.29) is 31.0 Å². The van der Waals surface area contributed by atoms with E-state index < -0.39 is 0 Å². The van der Waals surface area contributed by atoms with Crippen LogP contribution in [0.5, 0.6) is 17.2 Å². The molecule has 0 aliphatic carbocycles. The van der Waals surface area contributed by atoms with Crippen molar-refractivity contribution in [2.24, 2.45) is 0 Å². The van der Waals surface area contributed by atoms with Crippen LogP contribution in [0.4, 0.5) is 5.69 Å². The minimum atomic E-state index is -0.257. The van der Waals surface area contributed by atoms with Crippen molar-refractivity contribution >= 4 is 17.5 Å². The summed E-state index contributed by atoms with van der Waals surface area (Å²) in [7, 11) is 1.55. The van der Waals surface area contributed by atoms with Crippen molar-refractivity contribution in [2.75, 3.05) is 45.2 Å². The number of anilines is 1. The first kappa shape index (κ1) is 22.4. The maximum absolute atomic E-state index is 12.5. The van der Waals surface area contributed by atoms with Crippen LogP contribution in [-0.2, 0) is 9.59 Å². The van der Waals surface area contributed by atoms with Crippen molar-refractivity contribution in [3.63, 3.8) is 0 Å². The molecule has 8 nitrogen and oxygen atoms in total. The number of hydrogen-bond donors (Lipinski definition) is 2. The molecule has 0 saturated carbocycles. The van der Waals surface area contributed by atoms with Crippen LogP contribution in [0.3, 0.4) is 0 Å². The summed E-state index contributed by atoms with van der Waals surface area (Å²) in [4.78, 5) is 26.8. The Morgan fingerprint density at radius 3 is 2.55 bits per heavy atom. The summed E-state index contributed by atoms with van der Waals surface area (Å²) < 4.78 is 16.8. The van der Waals surface area contributed by atoms with Gasteiger partial charge in [-0.15, -0.1) is 0 Å². The first-order valence-electron chi connectivity index (χ1n) is 10.4. The zero-order chi connectivity index (χ0) is 22.1. The maximum atomic E-state index is 12.5. The molecule has 2 aromatic rings. The van der Waals surface area contributed by atoms with Crippen LogP contribution in [0.25, 0.3) is 0 Å². The topological polar surface area (TPSA) is 89.1 Å². The van der Waals surface area contributed by atoms with Gasteiger partial charge >= 0.3 is 0 Å². The normalized spacial score (nSPS) is 14.7. The van der Waals surface area contributed by atoms with Gasteiger partial charge in [0, 0.05) is 0 Å². The van der Waals surface area contributed by atoms with Gasteiger partial charge in [-0.1, -0.05) is 31.2 Å². The average molecular weight is 428 g/mol. The second-order valence-corrected chi connectivity index (χ2v) is 7.26. The van der Waals surface area contributed by atoms with Gasteiger partial charge in [-0.3, -0.25) is 14.5 Å². The van der Waals surface area contributed by atoms with Crippen LogP contribution < -0.4 is 24.8 Å². The summed E-state index contributed by atoms with van der Waals surface area (Å²) in [6.07, 6.45) is 0.568. The van der Waals surface area contributed by atoms with E-state index in [4.69, 9.17) is 14.2 Å². The average Bonchev–Trinajstić information content (AvgIpc) is 2.78. The van der Waals surface area contributed by atoms with E-state index in [1.807, 2.05) is 48.2 Å². The second-order valence-electron chi connectivity index (χ2n) is 7.26. The number of nitrogens with zero attached hydrogens (tertiary/aromatic N) is 1. The molecule has 0 saturated heterocycles. The van der Waals surface area contributed by atoms with Crippen molar-refractivity contribution in [1.29, 1.82) is 0 Å². The van der Waals surface area contributed by atoms with Crippen molar-refractivity contribution in [2.45, 2.75) is 19.4 Å². The first-order valence-corrected chi connectivity index (χ1v) is 10.4. The highest BCUT2D eigenvalue weighted by Gasteiger charge is 2.22. The zero-order valence-corrected chi connectivity index (χ0v) is 17.9. The van der Waals surface area contributed by atoms with E-state index in [9.17, 15) is 9.59 Å². The number of ether oxygens (including phenoxy) is 3. The summed E-state index contributed by atoms with van der Waals surface area (Å²) in [5, 5.41) is 5.72. The van der Waals surface area contributed by atoms with Gasteiger partial charge in [-0.2, -0.15) is 0 Å². The molecule has 1 unspecified atom stereocenters. The lowest BCUT2D eigenvalue weighted by Crippen LogP contribution is -2.45. The highest BCUT2D eigenvalue weighted by atomic mass is 16.6. The highest BCUT2D eigenvalue weighted by Crippen LogP contribution is 2.30. The molecular weight excluding hydrogens is 398 g/mol. The molecule has 0 aromatic heterocycles. The number of carbonyl (C=O) groups is 2. The van der Waals surface area contributed by atoms with Gasteiger partial charge in [0.1, 0.15) is 18.5 Å². The van der Waals surface area contributed by atoms with E-state index in [0.29, 0.717) is 42.6 Å². The lowest BCUT2D eigenvalue weighted by molar-refractivity contribution is -0.123. The quantitative estimate of drug-likeness (QED) is 0.605. The number of benzene rings is 2. The van der Waals surface area contributed by atoms with Gasteiger partial charge < -0.3 is 24.8 Å². The van der Waals surface area contributed by atoms with Gasteiger partial charge in [0.15, 0.2) is 11.5 Å². The van der Waals surface area contributed by atoms with Crippen molar-refractivity contribution in [1.82, 2.24) is 10.2 Å². The fraction of sp³-hybridized carbons (Fsp3) is 0.391. The predicted octanol–water partition coefficient (Wildman–Crippen LogP) is 2.30. The number of para-hydroxylation sites is 4. The summed E-state index contributed by atoms with van der Waals surface area (Å²) in [6.45, 7) is 3.57. The maximum Gasteiger partial charge on any atom is 0.238 e. The fourth-order valence-electron chi connectivity index (χ4n) is 3.32. The number of fused-ring (bicyclic) bond motifs is 1. The molecule has 1 aliphatic heterocycles. The van der Waals surface area contributed by atoms with Crippen LogP contribution >= 0.6 is 0 Å². The highest BCUT2D eigenvalue weighted by molar-refractivity contribution is 5.94. The van der Waals surface area contributed by atoms with E-state index in [1.54, 1.807) is 19.2 Å². The second kappa shape index (κ2) is 11.2. The molecular formula is C23H29N3O5. The zero-order valence-electron chi connectivity index (χ0n) is 17.9. The molecule has 31 heavy (non-hydrogen) atoms. The third-order valence-corrected chi connectivity index (χ3v) is 4.75. The van der Waals surface area contributed by atoms with E-state index in [2.05, 4.69) is 10.6 Å². The van der Waals surface area contributed by atoms with Crippen LogP contribution in [0.2, 0.25) is 0 Å². The molecule has 3 rings (SSSR count). The number of amides is 2. The van der Waals surface area contributed by atoms with Gasteiger partial charge in [0.2, 0.25) is 11.8 Å². The number of hydrogen-bond acceptors (Lipinski definition) is 6. The smallest absolute Gasteiger partial charge is 0.238 e. The van der Waals surface area contributed by atoms with Crippen molar-refractivity contribution in [3.05, 3.63) is 48.5 Å². The van der Waals surface area contributed by atoms with Crippen LogP contribution in [-0.4, -0.2) is 62.7 Å². The molecule has 0 radical (unpaired) electrons. The Bertz CT molecular complexity index is 889. The molecule has 8 heteroatoms. The predicted molar refractivity (Wildman–Crippen MR) is 118 cm³/mol. The summed E-state index contributed by atoms with van der Waals surface area (Å²) in [5.41, 5.74) is 0.602. The van der Waals surface area contributed by atoms with Crippen LogP contribution in [0, 0.1) is 0 Å². The van der Waals surface area contributed by atoms with Gasteiger partial charge in [0.25, 0.3) is 0 Å². The Kier molecular flexibility index (Phi) is 8.12. The molecule has 0 fully saturated rings. The Labute approximate surface area is 182 Å². The Balaban J connectivity index is 1.46. The molecule has 2 N–H and O–H groups in total. The fourth-order valence-corrected chi connectivity index (χ4v) is 3.32. The van der Waals surface area contributed by atoms with Crippen molar-refractivity contribution < 1.29 is 23.8 Å². The number of methoxy groups -OCH3 is 1. The van der Waals surface area contributed by atoms with Crippen molar-refractivity contribution in [3.8, 4) is 17.2 Å². The third-order valence-electron chi connectivity index (χ3n) is 4.75. The third kappa shape index (κ3) is 6.62. The molecule has 1 atom stereocenters. The number of nitrogens with one attached hydrogen (secondary N) is 2. The standard InChI is InChI=1S/C23H29N3O5/c1-3-12-26(15-23(28)25-18-8-4-5-9-19(18)29-2)14-22(27)24-13-17-16-30-20-10-6-7-11-21(20)31-17/h4-11,17H,3,12-16H2,1-2H3,(H,24,27)(H,25,28).